The molecule has 0 heterocycles. The number of urea groups is 1. The molecule has 5 N–H and O–H groups in total. The lowest BCUT2D eigenvalue weighted by atomic mass is 10.1. The Morgan fingerprint density at radius 2 is 2.00 bits per heavy atom. The van der Waals surface area contributed by atoms with Crippen molar-refractivity contribution in [3.05, 3.63) is 28.8 Å². The minimum atomic E-state index is -0.352. The molecule has 2 rings (SSSR count). The summed E-state index contributed by atoms with van der Waals surface area (Å²) in [5.41, 5.74) is 6.19. The molecule has 6 nitrogen and oxygen atoms in total. The Hall–Kier alpha value is -1.79. The van der Waals surface area contributed by atoms with E-state index < -0.39 is 0 Å². The summed E-state index contributed by atoms with van der Waals surface area (Å²) in [5, 5.41) is 8.77. The van der Waals surface area contributed by atoms with Crippen LogP contribution in [0.15, 0.2) is 18.2 Å². The smallest absolute Gasteiger partial charge is 0.319 e. The number of benzene rings is 1. The molecule has 1 saturated carbocycles. The number of amides is 3. The van der Waals surface area contributed by atoms with Gasteiger partial charge in [0.1, 0.15) is 0 Å². The number of hydrogen-bond donors (Lipinski definition) is 4. The van der Waals surface area contributed by atoms with E-state index in [1.54, 1.807) is 18.2 Å². The number of halogens is 1. The lowest BCUT2D eigenvalue weighted by Crippen LogP contribution is -2.43. The number of carbonyl (C=O) groups excluding carboxylic acids is 2. The number of nitrogens with one attached hydrogen (secondary N) is 3. The fraction of sp³-hybridized carbons (Fsp3) is 0.529. The molecule has 0 saturated heterocycles. The normalized spacial score (nSPS) is 15.5. The fourth-order valence-electron chi connectivity index (χ4n) is 2.39. The predicted molar refractivity (Wildman–Crippen MR) is 96.4 cm³/mol. The summed E-state index contributed by atoms with van der Waals surface area (Å²) in [7, 11) is 0. The molecule has 0 spiro atoms. The quantitative estimate of drug-likeness (QED) is 0.656. The number of rotatable bonds is 5. The first-order chi connectivity index (χ1) is 11.2. The van der Waals surface area contributed by atoms with Gasteiger partial charge in [0.05, 0.1) is 10.6 Å². The molecule has 7 heteroatoms. The van der Waals surface area contributed by atoms with Gasteiger partial charge in [-0.25, -0.2) is 4.79 Å². The minimum Gasteiger partial charge on any atom is -0.348 e. The summed E-state index contributed by atoms with van der Waals surface area (Å²) in [6.45, 7) is 6.06. The molecule has 1 aromatic rings. The first-order valence-corrected chi connectivity index (χ1v) is 8.47. The Labute approximate surface area is 147 Å². The summed E-state index contributed by atoms with van der Waals surface area (Å²) < 4.78 is 0. The van der Waals surface area contributed by atoms with Crippen LogP contribution in [0.5, 0.6) is 0 Å². The van der Waals surface area contributed by atoms with Gasteiger partial charge in [-0.05, 0) is 57.7 Å². The topological polar surface area (TPSA) is 96.2 Å². The zero-order valence-corrected chi connectivity index (χ0v) is 15.0. The molecule has 3 amide bonds. The van der Waals surface area contributed by atoms with Crippen LogP contribution in [0, 0.1) is 5.92 Å². The van der Waals surface area contributed by atoms with Gasteiger partial charge in [-0.15, -0.1) is 0 Å². The molecular formula is C17H25ClN4O2. The Bertz CT molecular complexity index is 624. The third-order valence-corrected chi connectivity index (χ3v) is 4.05. The average Bonchev–Trinajstić information content (AvgIpc) is 3.29. The van der Waals surface area contributed by atoms with Gasteiger partial charge in [-0.1, -0.05) is 11.6 Å². The molecule has 0 bridgehead atoms. The van der Waals surface area contributed by atoms with E-state index in [0.717, 1.165) is 12.8 Å². The molecule has 0 aliphatic heterocycles. The summed E-state index contributed by atoms with van der Waals surface area (Å²) in [6, 6.07) is 4.45. The van der Waals surface area contributed by atoms with Crippen LogP contribution >= 0.6 is 11.6 Å². The van der Waals surface area contributed by atoms with Crippen LogP contribution in [-0.2, 0) is 0 Å². The lowest BCUT2D eigenvalue weighted by molar-refractivity contribution is 0.0933. The van der Waals surface area contributed by atoms with Crippen molar-refractivity contribution in [1.29, 1.82) is 0 Å². The van der Waals surface area contributed by atoms with E-state index in [0.29, 0.717) is 28.7 Å². The van der Waals surface area contributed by atoms with Gasteiger partial charge in [-0.3, -0.25) is 4.79 Å². The van der Waals surface area contributed by atoms with Gasteiger partial charge in [0.25, 0.3) is 5.91 Å². The van der Waals surface area contributed by atoms with Crippen LogP contribution in [-0.4, -0.2) is 30.1 Å². The highest BCUT2D eigenvalue weighted by Crippen LogP contribution is 2.32. The summed E-state index contributed by atoms with van der Waals surface area (Å²) in [4.78, 5) is 24.4. The van der Waals surface area contributed by atoms with E-state index in [2.05, 4.69) is 16.0 Å². The highest BCUT2D eigenvalue weighted by atomic mass is 35.5. The molecule has 0 aromatic heterocycles. The monoisotopic (exact) mass is 352 g/mol. The van der Waals surface area contributed by atoms with Crippen LogP contribution in [0.25, 0.3) is 0 Å². The standard InChI is InChI=1S/C17H25ClN4O2/c1-17(2,3)22-16(24)20-11-6-7-13(18)12(8-11)15(23)21-14(9-19)10-4-5-10/h6-8,10,14H,4-5,9,19H2,1-3H3,(H,21,23)(H2,20,22,24). The van der Waals surface area contributed by atoms with Crippen LogP contribution < -0.4 is 21.7 Å². The van der Waals surface area contributed by atoms with Gasteiger partial charge in [0.15, 0.2) is 0 Å². The second-order valence-electron chi connectivity index (χ2n) is 7.18. The van der Waals surface area contributed by atoms with Gasteiger partial charge in [-0.2, -0.15) is 0 Å². The maximum Gasteiger partial charge on any atom is 0.319 e. The summed E-state index contributed by atoms with van der Waals surface area (Å²) in [6.07, 6.45) is 2.18. The van der Waals surface area contributed by atoms with E-state index in [1.165, 1.54) is 0 Å². The molecule has 132 valence electrons. The van der Waals surface area contributed by atoms with E-state index in [1.807, 2.05) is 20.8 Å². The van der Waals surface area contributed by atoms with Crippen molar-refractivity contribution < 1.29 is 9.59 Å². The molecule has 1 aromatic carbocycles. The van der Waals surface area contributed by atoms with Crippen molar-refractivity contribution >= 4 is 29.2 Å². The van der Waals surface area contributed by atoms with Crippen molar-refractivity contribution in [2.45, 2.75) is 45.2 Å². The second kappa shape index (κ2) is 7.40. The number of carbonyl (C=O) groups is 2. The number of hydrogen-bond acceptors (Lipinski definition) is 3. The molecule has 24 heavy (non-hydrogen) atoms. The third kappa shape index (κ3) is 5.39. The van der Waals surface area contributed by atoms with Gasteiger partial charge in [0.2, 0.25) is 0 Å². The summed E-state index contributed by atoms with van der Waals surface area (Å²) >= 11 is 6.14. The summed E-state index contributed by atoms with van der Waals surface area (Å²) in [5.74, 6) is 0.179. The Kier molecular flexibility index (Phi) is 5.72. The Morgan fingerprint density at radius 1 is 1.33 bits per heavy atom. The first kappa shape index (κ1) is 18.5. The van der Waals surface area contributed by atoms with Crippen molar-refractivity contribution in [2.24, 2.45) is 11.7 Å². The van der Waals surface area contributed by atoms with E-state index in [9.17, 15) is 9.59 Å². The van der Waals surface area contributed by atoms with Crippen molar-refractivity contribution in [1.82, 2.24) is 10.6 Å². The number of anilines is 1. The van der Waals surface area contributed by atoms with Gasteiger partial charge < -0.3 is 21.7 Å². The molecule has 1 atom stereocenters. The molecular weight excluding hydrogens is 328 g/mol. The van der Waals surface area contributed by atoms with Crippen molar-refractivity contribution in [3.63, 3.8) is 0 Å². The maximum atomic E-state index is 12.5. The van der Waals surface area contributed by atoms with Crippen LogP contribution in [0.4, 0.5) is 10.5 Å². The zero-order chi connectivity index (χ0) is 17.9. The zero-order valence-electron chi connectivity index (χ0n) is 14.3. The molecule has 1 aliphatic carbocycles. The van der Waals surface area contributed by atoms with Crippen LogP contribution in [0.2, 0.25) is 5.02 Å². The highest BCUT2D eigenvalue weighted by Gasteiger charge is 2.31. The van der Waals surface area contributed by atoms with Crippen molar-refractivity contribution in [3.8, 4) is 0 Å². The number of nitrogens with two attached hydrogens (primary N) is 1. The van der Waals surface area contributed by atoms with E-state index >= 15 is 0 Å². The Morgan fingerprint density at radius 3 is 2.54 bits per heavy atom. The molecule has 1 fully saturated rings. The third-order valence-electron chi connectivity index (χ3n) is 3.72. The fourth-order valence-corrected chi connectivity index (χ4v) is 2.60. The SMILES string of the molecule is CC(C)(C)NC(=O)Nc1ccc(Cl)c(C(=O)NC(CN)C2CC2)c1. The average molecular weight is 353 g/mol. The molecule has 0 radical (unpaired) electrons. The minimum absolute atomic E-state index is 0.0330. The van der Waals surface area contributed by atoms with E-state index in [4.69, 9.17) is 17.3 Å². The van der Waals surface area contributed by atoms with Crippen LogP contribution in [0.1, 0.15) is 44.0 Å². The Balaban J connectivity index is 2.07. The second-order valence-corrected chi connectivity index (χ2v) is 7.58. The molecule has 1 aliphatic rings. The molecule has 1 unspecified atom stereocenters. The lowest BCUT2D eigenvalue weighted by Gasteiger charge is -2.21. The maximum absolute atomic E-state index is 12.5. The largest absolute Gasteiger partial charge is 0.348 e. The van der Waals surface area contributed by atoms with Crippen LogP contribution in [0.3, 0.4) is 0 Å². The van der Waals surface area contributed by atoms with Gasteiger partial charge >= 0.3 is 6.03 Å². The first-order valence-electron chi connectivity index (χ1n) is 8.09. The van der Waals surface area contributed by atoms with E-state index in [-0.39, 0.29) is 23.5 Å². The highest BCUT2D eigenvalue weighted by molar-refractivity contribution is 6.34. The van der Waals surface area contributed by atoms with Gasteiger partial charge in [0, 0.05) is 23.8 Å². The van der Waals surface area contributed by atoms with Crippen molar-refractivity contribution in [2.75, 3.05) is 11.9 Å². The predicted octanol–water partition coefficient (Wildman–Crippen LogP) is 2.73.